The number of nitrogens with one attached hydrogen (secondary N) is 1. The quantitative estimate of drug-likeness (QED) is 0.852. The van der Waals surface area contributed by atoms with Crippen molar-refractivity contribution in [1.82, 2.24) is 0 Å². The molecule has 0 atom stereocenters. The van der Waals surface area contributed by atoms with Crippen LogP contribution in [0.2, 0.25) is 10.0 Å². The van der Waals surface area contributed by atoms with Gasteiger partial charge >= 0.3 is 6.61 Å². The average Bonchev–Trinajstić information content (AvgIpc) is 2.39. The van der Waals surface area contributed by atoms with Crippen molar-refractivity contribution in [3.63, 3.8) is 0 Å². The van der Waals surface area contributed by atoms with Gasteiger partial charge in [0.15, 0.2) is 0 Å². The van der Waals surface area contributed by atoms with Crippen molar-refractivity contribution in [2.45, 2.75) is 11.5 Å². The Balaban J connectivity index is 2.21. The molecular formula is C13H9Cl2F2NO3S. The van der Waals surface area contributed by atoms with E-state index in [1.807, 2.05) is 0 Å². The van der Waals surface area contributed by atoms with Crippen LogP contribution in [-0.2, 0) is 10.0 Å². The maximum absolute atomic E-state index is 12.2. The first-order chi connectivity index (χ1) is 10.3. The fraction of sp³-hybridized carbons (Fsp3) is 0.0769. The summed E-state index contributed by atoms with van der Waals surface area (Å²) in [5.74, 6) is -0.0799. The first-order valence-electron chi connectivity index (χ1n) is 5.80. The lowest BCUT2D eigenvalue weighted by atomic mass is 10.3. The molecule has 2 aromatic carbocycles. The van der Waals surface area contributed by atoms with E-state index in [9.17, 15) is 17.2 Å². The van der Waals surface area contributed by atoms with Gasteiger partial charge in [-0.2, -0.15) is 8.78 Å². The number of ether oxygens (including phenoxy) is 1. The van der Waals surface area contributed by atoms with E-state index in [0.717, 1.165) is 0 Å². The molecule has 118 valence electrons. The summed E-state index contributed by atoms with van der Waals surface area (Å²) in [7, 11) is -3.90. The van der Waals surface area contributed by atoms with Gasteiger partial charge in [0, 0.05) is 15.7 Å². The third kappa shape index (κ3) is 4.46. The van der Waals surface area contributed by atoms with Gasteiger partial charge < -0.3 is 4.74 Å². The molecular weight excluding hydrogens is 359 g/mol. The van der Waals surface area contributed by atoms with Gasteiger partial charge in [0.05, 0.1) is 4.90 Å². The highest BCUT2D eigenvalue weighted by atomic mass is 35.5. The van der Waals surface area contributed by atoms with Crippen LogP contribution in [0.25, 0.3) is 0 Å². The lowest BCUT2D eigenvalue weighted by Crippen LogP contribution is -2.13. The van der Waals surface area contributed by atoms with E-state index in [2.05, 4.69) is 9.46 Å². The van der Waals surface area contributed by atoms with E-state index in [1.165, 1.54) is 42.5 Å². The van der Waals surface area contributed by atoms with Crippen LogP contribution in [0.1, 0.15) is 0 Å². The van der Waals surface area contributed by atoms with Gasteiger partial charge in [-0.1, -0.05) is 23.2 Å². The number of benzene rings is 2. The van der Waals surface area contributed by atoms with Gasteiger partial charge in [0.2, 0.25) is 0 Å². The Morgan fingerprint density at radius 2 is 1.55 bits per heavy atom. The van der Waals surface area contributed by atoms with Crippen LogP contribution in [0.3, 0.4) is 0 Å². The van der Waals surface area contributed by atoms with Crippen molar-refractivity contribution in [3.05, 3.63) is 52.5 Å². The van der Waals surface area contributed by atoms with Crippen LogP contribution >= 0.6 is 23.2 Å². The summed E-state index contributed by atoms with van der Waals surface area (Å²) >= 11 is 11.5. The zero-order chi connectivity index (χ0) is 16.3. The molecule has 0 bridgehead atoms. The SMILES string of the molecule is O=S(=O)(Nc1ccc(OC(F)F)cc1)c1cc(Cl)cc(Cl)c1. The predicted octanol–water partition coefficient (Wildman–Crippen LogP) is 4.40. The fourth-order valence-electron chi connectivity index (χ4n) is 1.60. The van der Waals surface area contributed by atoms with E-state index >= 15 is 0 Å². The molecule has 0 saturated carbocycles. The van der Waals surface area contributed by atoms with Crippen LogP contribution in [0, 0.1) is 0 Å². The highest BCUT2D eigenvalue weighted by molar-refractivity contribution is 7.92. The second kappa shape index (κ2) is 6.68. The minimum atomic E-state index is -3.90. The smallest absolute Gasteiger partial charge is 0.387 e. The first-order valence-corrected chi connectivity index (χ1v) is 8.04. The van der Waals surface area contributed by atoms with Crippen molar-refractivity contribution < 1.29 is 21.9 Å². The van der Waals surface area contributed by atoms with Gasteiger partial charge in [-0.25, -0.2) is 8.42 Å². The van der Waals surface area contributed by atoms with Gasteiger partial charge in [0.25, 0.3) is 10.0 Å². The number of sulfonamides is 1. The summed E-state index contributed by atoms with van der Waals surface area (Å²) < 4.78 is 54.9. The van der Waals surface area contributed by atoms with E-state index in [0.29, 0.717) is 0 Å². The summed E-state index contributed by atoms with van der Waals surface area (Å²) in [6, 6.07) is 8.90. The molecule has 0 heterocycles. The maximum Gasteiger partial charge on any atom is 0.387 e. The molecule has 22 heavy (non-hydrogen) atoms. The molecule has 2 rings (SSSR count). The van der Waals surface area contributed by atoms with Crippen LogP contribution < -0.4 is 9.46 Å². The van der Waals surface area contributed by atoms with Crippen LogP contribution in [0.4, 0.5) is 14.5 Å². The normalized spacial score (nSPS) is 11.5. The van der Waals surface area contributed by atoms with Crippen LogP contribution in [0.5, 0.6) is 5.75 Å². The maximum atomic E-state index is 12.2. The molecule has 2 aromatic rings. The number of anilines is 1. The Morgan fingerprint density at radius 3 is 2.05 bits per heavy atom. The second-order valence-electron chi connectivity index (χ2n) is 4.11. The van der Waals surface area contributed by atoms with E-state index in [4.69, 9.17) is 23.2 Å². The fourth-order valence-corrected chi connectivity index (χ4v) is 3.39. The molecule has 0 aliphatic heterocycles. The highest BCUT2D eigenvalue weighted by Crippen LogP contribution is 2.25. The van der Waals surface area contributed by atoms with Gasteiger partial charge in [0.1, 0.15) is 5.75 Å². The number of rotatable bonds is 5. The Hall–Kier alpha value is -1.57. The molecule has 0 saturated heterocycles. The summed E-state index contributed by atoms with van der Waals surface area (Å²) in [5, 5.41) is 0.349. The van der Waals surface area contributed by atoms with Crippen LogP contribution in [-0.4, -0.2) is 15.0 Å². The molecule has 0 amide bonds. The van der Waals surface area contributed by atoms with Crippen LogP contribution in [0.15, 0.2) is 47.4 Å². The Kier molecular flexibility index (Phi) is 5.10. The largest absolute Gasteiger partial charge is 0.435 e. The van der Waals surface area contributed by atoms with Gasteiger partial charge in [-0.15, -0.1) is 0 Å². The molecule has 0 aliphatic carbocycles. The number of hydrogen-bond acceptors (Lipinski definition) is 3. The van der Waals surface area contributed by atoms with Crippen molar-refractivity contribution in [2.24, 2.45) is 0 Å². The summed E-state index contributed by atoms with van der Waals surface area (Å²) in [6.45, 7) is -2.95. The van der Waals surface area contributed by atoms with E-state index < -0.39 is 16.6 Å². The van der Waals surface area contributed by atoms with Crippen molar-refractivity contribution >= 4 is 38.9 Å². The summed E-state index contributed by atoms with van der Waals surface area (Å²) in [4.78, 5) is -0.113. The number of halogens is 4. The third-order valence-electron chi connectivity index (χ3n) is 2.48. The predicted molar refractivity (Wildman–Crippen MR) is 80.3 cm³/mol. The van der Waals surface area contributed by atoms with Crippen molar-refractivity contribution in [2.75, 3.05) is 4.72 Å². The molecule has 4 nitrogen and oxygen atoms in total. The Labute approximate surface area is 135 Å². The average molecular weight is 368 g/mol. The molecule has 9 heteroatoms. The van der Waals surface area contributed by atoms with Crippen molar-refractivity contribution in [3.8, 4) is 5.75 Å². The zero-order valence-corrected chi connectivity index (χ0v) is 13.1. The van der Waals surface area contributed by atoms with Crippen molar-refractivity contribution in [1.29, 1.82) is 0 Å². The van der Waals surface area contributed by atoms with E-state index in [-0.39, 0.29) is 26.4 Å². The minimum absolute atomic E-state index is 0.0799. The molecule has 1 N–H and O–H groups in total. The molecule has 0 unspecified atom stereocenters. The molecule has 0 radical (unpaired) electrons. The van der Waals surface area contributed by atoms with Gasteiger partial charge in [-0.3, -0.25) is 4.72 Å². The topological polar surface area (TPSA) is 55.4 Å². The molecule has 0 aliphatic rings. The van der Waals surface area contributed by atoms with Gasteiger partial charge in [-0.05, 0) is 42.5 Å². The lowest BCUT2D eigenvalue weighted by Gasteiger charge is -2.10. The number of hydrogen-bond donors (Lipinski definition) is 1. The molecule has 0 aromatic heterocycles. The Morgan fingerprint density at radius 1 is 1.00 bits per heavy atom. The summed E-state index contributed by atoms with van der Waals surface area (Å²) in [5.41, 5.74) is 0.178. The number of alkyl halides is 2. The zero-order valence-electron chi connectivity index (χ0n) is 10.8. The molecule has 0 spiro atoms. The first kappa shape index (κ1) is 16.8. The second-order valence-corrected chi connectivity index (χ2v) is 6.67. The lowest BCUT2D eigenvalue weighted by molar-refractivity contribution is -0.0498. The van der Waals surface area contributed by atoms with E-state index in [1.54, 1.807) is 0 Å². The monoisotopic (exact) mass is 367 g/mol. The third-order valence-corrected chi connectivity index (χ3v) is 4.28. The molecule has 0 fully saturated rings. The minimum Gasteiger partial charge on any atom is -0.435 e. The Bertz CT molecular complexity index is 747. The highest BCUT2D eigenvalue weighted by Gasteiger charge is 2.16. The summed E-state index contributed by atoms with van der Waals surface area (Å²) in [6.07, 6.45) is 0. The standard InChI is InChI=1S/C13H9Cl2F2NO3S/c14-8-5-9(15)7-12(6-8)22(19,20)18-10-1-3-11(4-2-10)21-13(16)17/h1-7,13,18H.